The van der Waals surface area contributed by atoms with Crippen LogP contribution in [0, 0.1) is 12.3 Å². The van der Waals surface area contributed by atoms with Gasteiger partial charge in [-0.3, -0.25) is 0 Å². The van der Waals surface area contributed by atoms with E-state index in [0.29, 0.717) is 19.3 Å². The fraction of sp³-hybridized carbons (Fsp3) is 0.667. The molecule has 0 saturated heterocycles. The third kappa shape index (κ3) is 4.77. The standard InChI is InChI=1S/C12H20N2O3/c1-5-8-12(4,10(15)16)14-11(17)13-9(6-2)7-3/h2,9H,5,7-8H2,1,3-4H3,(H,15,16)(H2,13,14,17). The Kier molecular flexibility index (Phi) is 6.11. The number of carbonyl (C=O) groups is 2. The Balaban J connectivity index is 4.53. The summed E-state index contributed by atoms with van der Waals surface area (Å²) >= 11 is 0. The van der Waals surface area contributed by atoms with Gasteiger partial charge in [0.15, 0.2) is 0 Å². The maximum atomic E-state index is 11.6. The molecule has 5 heteroatoms. The minimum Gasteiger partial charge on any atom is -0.480 e. The molecule has 0 radical (unpaired) electrons. The largest absolute Gasteiger partial charge is 0.480 e. The third-order valence-electron chi connectivity index (χ3n) is 2.53. The summed E-state index contributed by atoms with van der Waals surface area (Å²) in [6.45, 7) is 5.18. The predicted octanol–water partition coefficient (Wildman–Crippen LogP) is 1.34. The van der Waals surface area contributed by atoms with E-state index in [-0.39, 0.29) is 6.04 Å². The van der Waals surface area contributed by atoms with E-state index in [1.165, 1.54) is 6.92 Å². The fourth-order valence-corrected chi connectivity index (χ4v) is 1.43. The van der Waals surface area contributed by atoms with E-state index in [4.69, 9.17) is 11.5 Å². The van der Waals surface area contributed by atoms with Crippen molar-refractivity contribution in [3.05, 3.63) is 0 Å². The van der Waals surface area contributed by atoms with Crippen LogP contribution in [0.25, 0.3) is 0 Å². The molecule has 0 spiro atoms. The van der Waals surface area contributed by atoms with Crippen LogP contribution >= 0.6 is 0 Å². The smallest absolute Gasteiger partial charge is 0.329 e. The van der Waals surface area contributed by atoms with E-state index in [9.17, 15) is 9.59 Å². The van der Waals surface area contributed by atoms with Gasteiger partial charge in [0.05, 0.1) is 6.04 Å². The first-order valence-electron chi connectivity index (χ1n) is 5.67. The van der Waals surface area contributed by atoms with Crippen molar-refractivity contribution in [2.24, 2.45) is 0 Å². The van der Waals surface area contributed by atoms with Crippen molar-refractivity contribution in [1.82, 2.24) is 10.6 Å². The molecule has 0 aromatic rings. The minimum atomic E-state index is -1.26. The summed E-state index contributed by atoms with van der Waals surface area (Å²) in [5, 5.41) is 14.1. The van der Waals surface area contributed by atoms with Crippen molar-refractivity contribution in [1.29, 1.82) is 0 Å². The van der Waals surface area contributed by atoms with E-state index in [1.807, 2.05) is 13.8 Å². The third-order valence-corrected chi connectivity index (χ3v) is 2.53. The van der Waals surface area contributed by atoms with Gasteiger partial charge in [-0.05, 0) is 19.8 Å². The van der Waals surface area contributed by atoms with Crippen LogP contribution in [-0.4, -0.2) is 28.7 Å². The van der Waals surface area contributed by atoms with Gasteiger partial charge in [-0.25, -0.2) is 9.59 Å². The average molecular weight is 240 g/mol. The first-order chi connectivity index (χ1) is 7.89. The predicted molar refractivity (Wildman–Crippen MR) is 65.5 cm³/mol. The van der Waals surface area contributed by atoms with Crippen LogP contribution in [0.5, 0.6) is 0 Å². The Labute approximate surface area is 102 Å². The number of carboxylic acid groups (broad SMARTS) is 1. The summed E-state index contributed by atoms with van der Waals surface area (Å²) in [5.41, 5.74) is -1.26. The van der Waals surface area contributed by atoms with Gasteiger partial charge in [0.2, 0.25) is 0 Å². The molecule has 0 aliphatic rings. The monoisotopic (exact) mass is 240 g/mol. The van der Waals surface area contributed by atoms with Crippen LogP contribution in [0.2, 0.25) is 0 Å². The highest BCUT2D eigenvalue weighted by Crippen LogP contribution is 2.12. The van der Waals surface area contributed by atoms with E-state index in [1.54, 1.807) is 0 Å². The van der Waals surface area contributed by atoms with Crippen LogP contribution in [0.15, 0.2) is 0 Å². The molecule has 0 bridgehead atoms. The number of rotatable bonds is 6. The Hall–Kier alpha value is -1.70. The second kappa shape index (κ2) is 6.79. The molecule has 0 heterocycles. The molecule has 0 fully saturated rings. The highest BCUT2D eigenvalue weighted by Gasteiger charge is 2.33. The maximum absolute atomic E-state index is 11.6. The minimum absolute atomic E-state index is 0.364. The lowest BCUT2D eigenvalue weighted by Crippen LogP contribution is -2.56. The molecule has 2 unspecified atom stereocenters. The molecule has 0 aliphatic carbocycles. The van der Waals surface area contributed by atoms with E-state index in [0.717, 1.165) is 0 Å². The fourth-order valence-electron chi connectivity index (χ4n) is 1.43. The van der Waals surface area contributed by atoms with Gasteiger partial charge in [0, 0.05) is 0 Å². The maximum Gasteiger partial charge on any atom is 0.329 e. The Morgan fingerprint density at radius 3 is 2.41 bits per heavy atom. The van der Waals surface area contributed by atoms with Crippen LogP contribution in [0.1, 0.15) is 40.0 Å². The van der Waals surface area contributed by atoms with Crippen LogP contribution in [-0.2, 0) is 4.79 Å². The molecular weight excluding hydrogens is 220 g/mol. The van der Waals surface area contributed by atoms with Crippen LogP contribution in [0.3, 0.4) is 0 Å². The Bertz CT molecular complexity index is 322. The lowest BCUT2D eigenvalue weighted by atomic mass is 9.96. The summed E-state index contributed by atoms with van der Waals surface area (Å²) < 4.78 is 0. The quantitative estimate of drug-likeness (QED) is 0.613. The van der Waals surface area contributed by atoms with E-state index in [2.05, 4.69) is 16.6 Å². The molecular formula is C12H20N2O3. The number of amides is 2. The molecule has 2 amide bonds. The molecule has 0 rings (SSSR count). The number of hydrogen-bond donors (Lipinski definition) is 3. The molecule has 0 aliphatic heterocycles. The highest BCUT2D eigenvalue weighted by atomic mass is 16.4. The van der Waals surface area contributed by atoms with Gasteiger partial charge in [-0.15, -0.1) is 6.42 Å². The number of nitrogens with one attached hydrogen (secondary N) is 2. The molecule has 0 aromatic carbocycles. The second-order valence-corrected chi connectivity index (χ2v) is 4.11. The first kappa shape index (κ1) is 15.3. The zero-order valence-corrected chi connectivity index (χ0v) is 10.5. The Morgan fingerprint density at radius 1 is 1.47 bits per heavy atom. The lowest BCUT2D eigenvalue weighted by Gasteiger charge is -2.26. The van der Waals surface area contributed by atoms with Crippen molar-refractivity contribution in [3.63, 3.8) is 0 Å². The summed E-state index contributed by atoms with van der Waals surface area (Å²) in [6.07, 6.45) is 6.83. The number of urea groups is 1. The van der Waals surface area contributed by atoms with E-state index < -0.39 is 17.5 Å². The average Bonchev–Trinajstić information content (AvgIpc) is 2.25. The summed E-state index contributed by atoms with van der Waals surface area (Å²) in [4.78, 5) is 22.7. The molecule has 17 heavy (non-hydrogen) atoms. The highest BCUT2D eigenvalue weighted by molar-refractivity contribution is 5.86. The lowest BCUT2D eigenvalue weighted by molar-refractivity contribution is -0.144. The molecule has 96 valence electrons. The zero-order chi connectivity index (χ0) is 13.5. The van der Waals surface area contributed by atoms with Crippen molar-refractivity contribution in [2.45, 2.75) is 51.6 Å². The van der Waals surface area contributed by atoms with Gasteiger partial charge < -0.3 is 15.7 Å². The summed E-state index contributed by atoms with van der Waals surface area (Å²) in [6, 6.07) is -0.928. The van der Waals surface area contributed by atoms with Crippen LogP contribution < -0.4 is 10.6 Å². The SMILES string of the molecule is C#CC(CC)NC(=O)NC(C)(CCC)C(=O)O. The van der Waals surface area contributed by atoms with Crippen molar-refractivity contribution >= 4 is 12.0 Å². The van der Waals surface area contributed by atoms with Crippen molar-refractivity contribution in [3.8, 4) is 12.3 Å². The molecule has 3 N–H and O–H groups in total. The van der Waals surface area contributed by atoms with Gasteiger partial charge in [0.25, 0.3) is 0 Å². The first-order valence-corrected chi connectivity index (χ1v) is 5.67. The van der Waals surface area contributed by atoms with Gasteiger partial charge in [-0.1, -0.05) is 26.2 Å². The number of hydrogen-bond acceptors (Lipinski definition) is 2. The van der Waals surface area contributed by atoms with Crippen molar-refractivity contribution in [2.75, 3.05) is 0 Å². The normalized spacial score (nSPS) is 15.2. The number of carboxylic acids is 1. The number of terminal acetylenes is 1. The summed E-state index contributed by atoms with van der Waals surface area (Å²) in [5.74, 6) is 1.36. The van der Waals surface area contributed by atoms with E-state index >= 15 is 0 Å². The molecule has 2 atom stereocenters. The molecule has 5 nitrogen and oxygen atoms in total. The topological polar surface area (TPSA) is 78.4 Å². The van der Waals surface area contributed by atoms with Gasteiger partial charge >= 0.3 is 12.0 Å². The van der Waals surface area contributed by atoms with Gasteiger partial charge in [0.1, 0.15) is 5.54 Å². The number of carbonyl (C=O) groups excluding carboxylic acids is 1. The number of aliphatic carboxylic acids is 1. The van der Waals surface area contributed by atoms with Crippen molar-refractivity contribution < 1.29 is 14.7 Å². The second-order valence-electron chi connectivity index (χ2n) is 4.11. The summed E-state index contributed by atoms with van der Waals surface area (Å²) in [7, 11) is 0. The zero-order valence-electron chi connectivity index (χ0n) is 10.5. The Morgan fingerprint density at radius 2 is 2.06 bits per heavy atom. The molecule has 0 aromatic heterocycles. The molecule has 0 saturated carbocycles. The van der Waals surface area contributed by atoms with Gasteiger partial charge in [-0.2, -0.15) is 0 Å². The van der Waals surface area contributed by atoms with Crippen LogP contribution in [0.4, 0.5) is 4.79 Å².